The third-order valence-corrected chi connectivity index (χ3v) is 2.56. The highest BCUT2D eigenvalue weighted by atomic mass is 16.2. The first-order chi connectivity index (χ1) is 9.04. The monoisotopic (exact) mass is 264 g/mol. The first kappa shape index (κ1) is 14.9. The van der Waals surface area contributed by atoms with E-state index in [4.69, 9.17) is 5.73 Å². The van der Waals surface area contributed by atoms with Gasteiger partial charge >= 0.3 is 0 Å². The molecule has 0 aliphatic rings. The molecule has 0 fully saturated rings. The topological polar surface area (TPSA) is 97.1 Å². The summed E-state index contributed by atoms with van der Waals surface area (Å²) in [5.41, 5.74) is 7.08. The fraction of sp³-hybridized carbons (Fsp3) is 0.462. The Labute approximate surface area is 112 Å². The Bertz CT molecular complexity index is 460. The predicted octanol–water partition coefficient (Wildman–Crippen LogP) is 0.618. The molecule has 0 aliphatic heterocycles. The predicted molar refractivity (Wildman–Crippen MR) is 73.6 cm³/mol. The van der Waals surface area contributed by atoms with Crippen LogP contribution in [0.4, 0.5) is 5.69 Å². The van der Waals surface area contributed by atoms with Gasteiger partial charge in [-0.1, -0.05) is 6.92 Å². The molecule has 6 heteroatoms. The van der Waals surface area contributed by atoms with Crippen LogP contribution in [0.2, 0.25) is 0 Å². The molecule has 1 rings (SSSR count). The van der Waals surface area contributed by atoms with Gasteiger partial charge in [-0.05, 0) is 19.4 Å². The number of aromatic nitrogens is 1. The Hall–Kier alpha value is -2.11. The van der Waals surface area contributed by atoms with Gasteiger partial charge in [0.2, 0.25) is 5.91 Å². The maximum Gasteiger partial charge on any atom is 0.253 e. The number of nitrogens with zero attached hydrogens (tertiary/aromatic N) is 1. The molecule has 0 atom stereocenters. The van der Waals surface area contributed by atoms with Crippen molar-refractivity contribution >= 4 is 17.5 Å². The van der Waals surface area contributed by atoms with Crippen molar-refractivity contribution < 1.29 is 9.59 Å². The fourth-order valence-electron chi connectivity index (χ4n) is 1.52. The summed E-state index contributed by atoms with van der Waals surface area (Å²) in [7, 11) is 0. The van der Waals surface area contributed by atoms with Crippen molar-refractivity contribution in [1.82, 2.24) is 15.6 Å². The van der Waals surface area contributed by atoms with Crippen molar-refractivity contribution in [3.63, 3.8) is 0 Å². The van der Waals surface area contributed by atoms with Gasteiger partial charge < -0.3 is 16.4 Å². The summed E-state index contributed by atoms with van der Waals surface area (Å²) in [4.78, 5) is 27.2. The number of nitrogen functional groups attached to an aromatic ring is 1. The van der Waals surface area contributed by atoms with Gasteiger partial charge in [-0.3, -0.25) is 14.6 Å². The lowest BCUT2D eigenvalue weighted by Gasteiger charge is -2.08. The van der Waals surface area contributed by atoms with Crippen LogP contribution in [0, 0.1) is 6.92 Å². The van der Waals surface area contributed by atoms with Crippen molar-refractivity contribution in [2.24, 2.45) is 0 Å². The fourth-order valence-corrected chi connectivity index (χ4v) is 1.52. The van der Waals surface area contributed by atoms with Crippen LogP contribution in [-0.4, -0.2) is 29.9 Å². The van der Waals surface area contributed by atoms with Crippen LogP contribution in [-0.2, 0) is 4.79 Å². The van der Waals surface area contributed by atoms with E-state index in [1.807, 2.05) is 6.92 Å². The average molecular weight is 264 g/mol. The zero-order valence-corrected chi connectivity index (χ0v) is 11.3. The van der Waals surface area contributed by atoms with Crippen LogP contribution in [0.1, 0.15) is 35.8 Å². The first-order valence-corrected chi connectivity index (χ1v) is 6.31. The molecular formula is C13H20N4O2. The highest BCUT2D eigenvalue weighted by Gasteiger charge is 2.10. The quantitative estimate of drug-likeness (QED) is 0.701. The highest BCUT2D eigenvalue weighted by Crippen LogP contribution is 2.09. The molecule has 0 saturated carbocycles. The second kappa shape index (κ2) is 7.35. The van der Waals surface area contributed by atoms with Crippen molar-refractivity contribution in [1.29, 1.82) is 0 Å². The molecule has 104 valence electrons. The maximum atomic E-state index is 11.9. The van der Waals surface area contributed by atoms with Gasteiger partial charge in [0.15, 0.2) is 0 Å². The molecule has 0 aliphatic carbocycles. The second-order valence-electron chi connectivity index (χ2n) is 4.26. The number of carbonyl (C=O) groups excluding carboxylic acids is 2. The van der Waals surface area contributed by atoms with Crippen molar-refractivity contribution in [3.8, 4) is 0 Å². The van der Waals surface area contributed by atoms with Crippen molar-refractivity contribution in [3.05, 3.63) is 23.5 Å². The standard InChI is InChI=1S/C13H20N4O2/c1-3-5-15-12(18)4-6-16-13(19)11-7-10(14)8-17-9(11)2/h7-8H,3-6,14H2,1-2H3,(H,15,18)(H,16,19). The van der Waals surface area contributed by atoms with Gasteiger partial charge in [0.05, 0.1) is 23.1 Å². The number of rotatable bonds is 6. The molecule has 0 unspecified atom stereocenters. The molecule has 1 aromatic rings. The summed E-state index contributed by atoms with van der Waals surface area (Å²) in [5, 5.41) is 5.42. The lowest BCUT2D eigenvalue weighted by Crippen LogP contribution is -2.31. The van der Waals surface area contributed by atoms with Gasteiger partial charge in [0, 0.05) is 19.5 Å². The number of pyridine rings is 1. The molecule has 1 aromatic heterocycles. The van der Waals surface area contributed by atoms with E-state index in [0.717, 1.165) is 6.42 Å². The third-order valence-electron chi connectivity index (χ3n) is 2.56. The Morgan fingerprint density at radius 2 is 2.05 bits per heavy atom. The molecular weight excluding hydrogens is 244 g/mol. The van der Waals surface area contributed by atoms with Crippen LogP contribution >= 0.6 is 0 Å². The van der Waals surface area contributed by atoms with Crippen molar-refractivity contribution in [2.75, 3.05) is 18.8 Å². The summed E-state index contributed by atoms with van der Waals surface area (Å²) in [6.45, 7) is 4.67. The van der Waals surface area contributed by atoms with E-state index in [1.54, 1.807) is 13.0 Å². The lowest BCUT2D eigenvalue weighted by molar-refractivity contribution is -0.120. The normalized spacial score (nSPS) is 10.0. The summed E-state index contributed by atoms with van der Waals surface area (Å²) in [6, 6.07) is 1.58. The van der Waals surface area contributed by atoms with E-state index in [0.29, 0.717) is 30.0 Å². The minimum absolute atomic E-state index is 0.0652. The van der Waals surface area contributed by atoms with E-state index in [9.17, 15) is 9.59 Å². The maximum absolute atomic E-state index is 11.9. The molecule has 4 N–H and O–H groups in total. The number of nitrogens with one attached hydrogen (secondary N) is 2. The summed E-state index contributed by atoms with van der Waals surface area (Å²) in [5.74, 6) is -0.329. The van der Waals surface area contributed by atoms with Crippen LogP contribution in [0.5, 0.6) is 0 Å². The molecule has 0 spiro atoms. The Balaban J connectivity index is 2.43. The number of aryl methyl sites for hydroxylation is 1. The zero-order valence-electron chi connectivity index (χ0n) is 11.3. The molecule has 1 heterocycles. The van der Waals surface area contributed by atoms with E-state index in [-0.39, 0.29) is 18.2 Å². The van der Waals surface area contributed by atoms with E-state index in [2.05, 4.69) is 15.6 Å². The van der Waals surface area contributed by atoms with Crippen LogP contribution in [0.25, 0.3) is 0 Å². The number of carbonyl (C=O) groups is 2. The smallest absolute Gasteiger partial charge is 0.253 e. The summed E-state index contributed by atoms with van der Waals surface area (Å²) in [6.07, 6.45) is 2.66. The zero-order chi connectivity index (χ0) is 14.3. The summed E-state index contributed by atoms with van der Waals surface area (Å²) < 4.78 is 0. The molecule has 0 saturated heterocycles. The molecule has 2 amide bonds. The number of hydrogen-bond acceptors (Lipinski definition) is 4. The second-order valence-corrected chi connectivity index (χ2v) is 4.26. The van der Waals surface area contributed by atoms with Crippen LogP contribution < -0.4 is 16.4 Å². The number of amides is 2. The van der Waals surface area contributed by atoms with E-state index in [1.165, 1.54) is 6.20 Å². The minimum Gasteiger partial charge on any atom is -0.397 e. The molecule has 0 bridgehead atoms. The largest absolute Gasteiger partial charge is 0.397 e. The highest BCUT2D eigenvalue weighted by molar-refractivity contribution is 5.96. The van der Waals surface area contributed by atoms with Crippen LogP contribution in [0.15, 0.2) is 12.3 Å². The number of nitrogens with two attached hydrogens (primary N) is 1. The summed E-state index contributed by atoms with van der Waals surface area (Å²) >= 11 is 0. The van der Waals surface area contributed by atoms with Gasteiger partial charge in [-0.25, -0.2) is 0 Å². The minimum atomic E-state index is -0.263. The number of anilines is 1. The Morgan fingerprint density at radius 3 is 2.74 bits per heavy atom. The molecule has 19 heavy (non-hydrogen) atoms. The average Bonchev–Trinajstić information content (AvgIpc) is 2.39. The van der Waals surface area contributed by atoms with Gasteiger partial charge in [0.25, 0.3) is 5.91 Å². The van der Waals surface area contributed by atoms with Gasteiger partial charge in [0.1, 0.15) is 0 Å². The van der Waals surface area contributed by atoms with Crippen molar-refractivity contribution in [2.45, 2.75) is 26.7 Å². The Morgan fingerprint density at radius 1 is 1.32 bits per heavy atom. The third kappa shape index (κ3) is 4.95. The lowest BCUT2D eigenvalue weighted by atomic mass is 10.2. The van der Waals surface area contributed by atoms with Gasteiger partial charge in [-0.2, -0.15) is 0 Å². The molecule has 0 aromatic carbocycles. The molecule has 6 nitrogen and oxygen atoms in total. The SMILES string of the molecule is CCCNC(=O)CCNC(=O)c1cc(N)cnc1C. The van der Waals surface area contributed by atoms with Crippen LogP contribution in [0.3, 0.4) is 0 Å². The molecule has 0 radical (unpaired) electrons. The first-order valence-electron chi connectivity index (χ1n) is 6.31. The van der Waals surface area contributed by atoms with E-state index < -0.39 is 0 Å². The number of hydrogen-bond donors (Lipinski definition) is 3. The van der Waals surface area contributed by atoms with E-state index >= 15 is 0 Å². The Kier molecular flexibility index (Phi) is 5.78. The van der Waals surface area contributed by atoms with Gasteiger partial charge in [-0.15, -0.1) is 0 Å².